The molecule has 1 saturated carbocycles. The van der Waals surface area contributed by atoms with Gasteiger partial charge in [-0.25, -0.2) is 4.68 Å². The van der Waals surface area contributed by atoms with E-state index in [0.717, 1.165) is 31.4 Å². The molecule has 1 fully saturated rings. The summed E-state index contributed by atoms with van der Waals surface area (Å²) in [6.07, 6.45) is 5.85. The molecule has 6 nitrogen and oxygen atoms in total. The first kappa shape index (κ1) is 13.6. The standard InChI is InChI=1S/C13H20N4O2/c1-2-3-6-14-12(18)9-17-13(19)7-11(8-15-17)16-10-4-5-10/h7-8,10,16H,2-6,9H2,1H3,(H,14,18). The normalized spacial score (nSPS) is 14.2. The molecule has 0 aliphatic heterocycles. The van der Waals surface area contributed by atoms with Crippen molar-refractivity contribution < 1.29 is 4.79 Å². The first-order chi connectivity index (χ1) is 9.19. The Morgan fingerprint density at radius 1 is 1.53 bits per heavy atom. The summed E-state index contributed by atoms with van der Waals surface area (Å²) in [7, 11) is 0. The van der Waals surface area contributed by atoms with Crippen LogP contribution in [0.3, 0.4) is 0 Å². The van der Waals surface area contributed by atoms with Gasteiger partial charge in [0.05, 0.1) is 11.9 Å². The second kappa shape index (κ2) is 6.36. The summed E-state index contributed by atoms with van der Waals surface area (Å²) in [6, 6.07) is 1.97. The van der Waals surface area contributed by atoms with Crippen LogP contribution in [0.1, 0.15) is 32.6 Å². The van der Waals surface area contributed by atoms with Gasteiger partial charge >= 0.3 is 0 Å². The van der Waals surface area contributed by atoms with Crippen molar-refractivity contribution in [3.63, 3.8) is 0 Å². The van der Waals surface area contributed by atoms with Crippen LogP contribution in [-0.2, 0) is 11.3 Å². The van der Waals surface area contributed by atoms with E-state index < -0.39 is 0 Å². The maximum atomic E-state index is 11.8. The van der Waals surface area contributed by atoms with Crippen LogP contribution in [-0.4, -0.2) is 28.3 Å². The molecule has 0 spiro atoms. The van der Waals surface area contributed by atoms with Gasteiger partial charge in [-0.1, -0.05) is 13.3 Å². The average molecular weight is 264 g/mol. The molecule has 2 N–H and O–H groups in total. The minimum atomic E-state index is -0.253. The topological polar surface area (TPSA) is 76.0 Å². The van der Waals surface area contributed by atoms with Gasteiger partial charge in [0.15, 0.2) is 0 Å². The van der Waals surface area contributed by atoms with Crippen LogP contribution in [0.15, 0.2) is 17.1 Å². The highest BCUT2D eigenvalue weighted by molar-refractivity contribution is 5.75. The zero-order valence-corrected chi connectivity index (χ0v) is 11.2. The summed E-state index contributed by atoms with van der Waals surface area (Å²) in [6.45, 7) is 2.68. The van der Waals surface area contributed by atoms with Crippen LogP contribution in [0.25, 0.3) is 0 Å². The quantitative estimate of drug-likeness (QED) is 0.712. The second-order valence-corrected chi connectivity index (χ2v) is 4.86. The Morgan fingerprint density at radius 3 is 2.95 bits per heavy atom. The number of anilines is 1. The molecular formula is C13H20N4O2. The van der Waals surface area contributed by atoms with Crippen LogP contribution >= 0.6 is 0 Å². The van der Waals surface area contributed by atoms with Crippen LogP contribution in [0, 0.1) is 0 Å². The molecule has 1 amide bonds. The first-order valence-corrected chi connectivity index (χ1v) is 6.79. The van der Waals surface area contributed by atoms with Crippen molar-refractivity contribution in [1.82, 2.24) is 15.1 Å². The molecule has 1 aromatic rings. The number of hydrogen-bond donors (Lipinski definition) is 2. The lowest BCUT2D eigenvalue weighted by molar-refractivity contribution is -0.121. The monoisotopic (exact) mass is 264 g/mol. The summed E-state index contributed by atoms with van der Waals surface area (Å²) in [4.78, 5) is 23.4. The van der Waals surface area contributed by atoms with Gasteiger partial charge in [0, 0.05) is 18.7 Å². The molecule has 0 radical (unpaired) electrons. The third-order valence-corrected chi connectivity index (χ3v) is 2.96. The molecule has 19 heavy (non-hydrogen) atoms. The van der Waals surface area contributed by atoms with Crippen LogP contribution in [0.2, 0.25) is 0 Å². The number of unbranched alkanes of at least 4 members (excludes halogenated alkanes) is 1. The lowest BCUT2D eigenvalue weighted by Crippen LogP contribution is -2.33. The average Bonchev–Trinajstić information content (AvgIpc) is 3.17. The van der Waals surface area contributed by atoms with Gasteiger partial charge < -0.3 is 10.6 Å². The van der Waals surface area contributed by atoms with E-state index in [1.807, 2.05) is 0 Å². The van der Waals surface area contributed by atoms with Crippen molar-refractivity contribution in [1.29, 1.82) is 0 Å². The van der Waals surface area contributed by atoms with E-state index in [9.17, 15) is 9.59 Å². The third-order valence-electron chi connectivity index (χ3n) is 2.96. The van der Waals surface area contributed by atoms with Gasteiger partial charge in [0.2, 0.25) is 5.91 Å². The zero-order valence-electron chi connectivity index (χ0n) is 11.2. The minimum absolute atomic E-state index is 0.0216. The maximum Gasteiger partial charge on any atom is 0.269 e. The van der Waals surface area contributed by atoms with Gasteiger partial charge in [-0.2, -0.15) is 5.10 Å². The highest BCUT2D eigenvalue weighted by atomic mass is 16.2. The number of aromatic nitrogens is 2. The molecule has 0 atom stereocenters. The molecular weight excluding hydrogens is 244 g/mol. The fourth-order valence-corrected chi connectivity index (χ4v) is 1.69. The molecule has 0 aromatic carbocycles. The summed E-state index contributed by atoms with van der Waals surface area (Å²) in [5.74, 6) is -0.175. The summed E-state index contributed by atoms with van der Waals surface area (Å²) < 4.78 is 1.18. The predicted octanol–water partition coefficient (Wildman–Crippen LogP) is 0.734. The SMILES string of the molecule is CCCCNC(=O)Cn1ncc(NC2CC2)cc1=O. The van der Waals surface area contributed by atoms with E-state index in [-0.39, 0.29) is 18.0 Å². The Kier molecular flexibility index (Phi) is 4.54. The van der Waals surface area contributed by atoms with E-state index in [4.69, 9.17) is 0 Å². The van der Waals surface area contributed by atoms with Gasteiger partial charge in [-0.3, -0.25) is 9.59 Å². The molecule has 1 aliphatic rings. The smallest absolute Gasteiger partial charge is 0.269 e. The van der Waals surface area contributed by atoms with E-state index >= 15 is 0 Å². The number of amides is 1. The Bertz CT molecular complexity index is 494. The van der Waals surface area contributed by atoms with Crippen LogP contribution in [0.4, 0.5) is 5.69 Å². The number of hydrogen-bond acceptors (Lipinski definition) is 4. The molecule has 1 heterocycles. The van der Waals surface area contributed by atoms with Crippen LogP contribution in [0.5, 0.6) is 0 Å². The minimum Gasteiger partial charge on any atom is -0.381 e. The molecule has 1 aromatic heterocycles. The van der Waals surface area contributed by atoms with E-state index in [2.05, 4.69) is 22.7 Å². The molecule has 2 rings (SSSR count). The Balaban J connectivity index is 1.89. The maximum absolute atomic E-state index is 11.8. The van der Waals surface area contributed by atoms with Gasteiger partial charge in [-0.15, -0.1) is 0 Å². The Hall–Kier alpha value is -1.85. The van der Waals surface area contributed by atoms with Crippen molar-refractivity contribution in [3.05, 3.63) is 22.6 Å². The van der Waals surface area contributed by atoms with Crippen molar-refractivity contribution in [2.24, 2.45) is 0 Å². The Morgan fingerprint density at radius 2 is 2.32 bits per heavy atom. The van der Waals surface area contributed by atoms with E-state index in [1.54, 1.807) is 6.20 Å². The number of rotatable bonds is 7. The molecule has 6 heteroatoms. The molecule has 104 valence electrons. The first-order valence-electron chi connectivity index (χ1n) is 6.79. The van der Waals surface area contributed by atoms with E-state index in [0.29, 0.717) is 12.6 Å². The van der Waals surface area contributed by atoms with Crippen molar-refractivity contribution in [2.45, 2.75) is 45.2 Å². The van der Waals surface area contributed by atoms with Crippen LogP contribution < -0.4 is 16.2 Å². The lowest BCUT2D eigenvalue weighted by atomic mass is 10.3. The lowest BCUT2D eigenvalue weighted by Gasteiger charge is -2.07. The third kappa shape index (κ3) is 4.39. The number of carbonyl (C=O) groups excluding carboxylic acids is 1. The molecule has 0 saturated heterocycles. The zero-order chi connectivity index (χ0) is 13.7. The fraction of sp³-hybridized carbons (Fsp3) is 0.615. The largest absolute Gasteiger partial charge is 0.381 e. The molecule has 0 unspecified atom stereocenters. The number of nitrogens with one attached hydrogen (secondary N) is 2. The summed E-state index contributed by atoms with van der Waals surface area (Å²) >= 11 is 0. The van der Waals surface area contributed by atoms with Gasteiger partial charge in [-0.05, 0) is 19.3 Å². The fourth-order valence-electron chi connectivity index (χ4n) is 1.69. The number of carbonyl (C=O) groups is 1. The Labute approximate surface area is 112 Å². The summed E-state index contributed by atoms with van der Waals surface area (Å²) in [5.41, 5.74) is 0.478. The molecule has 0 bridgehead atoms. The highest BCUT2D eigenvalue weighted by Crippen LogP contribution is 2.23. The van der Waals surface area contributed by atoms with Gasteiger partial charge in [0.1, 0.15) is 6.54 Å². The van der Waals surface area contributed by atoms with Gasteiger partial charge in [0.25, 0.3) is 5.56 Å². The molecule has 1 aliphatic carbocycles. The summed E-state index contributed by atoms with van der Waals surface area (Å²) in [5, 5.41) is 9.97. The predicted molar refractivity (Wildman–Crippen MR) is 73.1 cm³/mol. The van der Waals surface area contributed by atoms with E-state index in [1.165, 1.54) is 10.7 Å². The van der Waals surface area contributed by atoms with Crippen molar-refractivity contribution in [2.75, 3.05) is 11.9 Å². The van der Waals surface area contributed by atoms with Crippen molar-refractivity contribution in [3.8, 4) is 0 Å². The highest BCUT2D eigenvalue weighted by Gasteiger charge is 2.21. The second-order valence-electron chi connectivity index (χ2n) is 4.86. The van der Waals surface area contributed by atoms with Crippen molar-refractivity contribution >= 4 is 11.6 Å². The number of nitrogens with zero attached hydrogens (tertiary/aromatic N) is 2.